The van der Waals surface area contributed by atoms with Crippen LogP contribution in [0.5, 0.6) is 0 Å². The summed E-state index contributed by atoms with van der Waals surface area (Å²) in [7, 11) is 0. The van der Waals surface area contributed by atoms with Gasteiger partial charge in [-0.1, -0.05) is 36.4 Å². The molecule has 2 fully saturated rings. The van der Waals surface area contributed by atoms with Crippen LogP contribution in [0.2, 0.25) is 0 Å². The molecule has 2 heterocycles. The minimum atomic E-state index is -0.108. The van der Waals surface area contributed by atoms with E-state index in [1.807, 2.05) is 0 Å². The van der Waals surface area contributed by atoms with Crippen LogP contribution in [0.4, 0.5) is 0 Å². The smallest absolute Gasteiger partial charge is 0.136 e. The van der Waals surface area contributed by atoms with Crippen molar-refractivity contribution in [3.63, 3.8) is 0 Å². The third-order valence-electron chi connectivity index (χ3n) is 5.63. The topological polar surface area (TPSA) is 21.8 Å². The third kappa shape index (κ3) is 1.05. The zero-order valence-corrected chi connectivity index (χ0v) is 11.6. The number of allylic oxidation sites excluding steroid dienone is 4. The summed E-state index contributed by atoms with van der Waals surface area (Å²) in [5.41, 5.74) is 6.71. The van der Waals surface area contributed by atoms with Crippen molar-refractivity contribution in [3.8, 4) is 0 Å². The van der Waals surface area contributed by atoms with E-state index in [1.165, 1.54) is 27.8 Å². The molecule has 2 saturated heterocycles. The molecule has 2 atom stereocenters. The summed E-state index contributed by atoms with van der Waals surface area (Å²) in [6, 6.07) is 4.57. The van der Waals surface area contributed by atoms with E-state index in [0.29, 0.717) is 0 Å². The lowest BCUT2D eigenvalue weighted by Gasteiger charge is -2.34. The first-order valence-electron chi connectivity index (χ1n) is 7.56. The van der Waals surface area contributed by atoms with Crippen LogP contribution in [0, 0.1) is 0 Å². The predicted octanol–water partition coefficient (Wildman–Crippen LogP) is 3.45. The van der Waals surface area contributed by atoms with Gasteiger partial charge in [0.1, 0.15) is 18.0 Å². The Morgan fingerprint density at radius 3 is 2.86 bits per heavy atom. The molecular formula is C19H14O2. The Balaban J connectivity index is 1.69. The fourth-order valence-electron chi connectivity index (χ4n) is 4.41. The van der Waals surface area contributed by atoms with Crippen molar-refractivity contribution in [2.75, 3.05) is 13.2 Å². The standard InChI is InChI=1S/C19H14O2/c1-2-7-18-10-20-17(16(18)3-1)9-13-12-6-8-19(11-21-19)15(12)5-4-14(13)18/h1-6,8-9H,7,10-11H2. The van der Waals surface area contributed by atoms with Crippen LogP contribution < -0.4 is 0 Å². The second-order valence-electron chi connectivity index (χ2n) is 6.59. The molecule has 21 heavy (non-hydrogen) atoms. The molecule has 0 saturated carbocycles. The van der Waals surface area contributed by atoms with Crippen molar-refractivity contribution in [2.45, 2.75) is 17.4 Å². The van der Waals surface area contributed by atoms with Crippen LogP contribution in [0.15, 0.2) is 47.8 Å². The molecule has 3 aliphatic carbocycles. The van der Waals surface area contributed by atoms with Gasteiger partial charge >= 0.3 is 0 Å². The van der Waals surface area contributed by atoms with E-state index >= 15 is 0 Å². The summed E-state index contributed by atoms with van der Waals surface area (Å²) in [6.07, 6.45) is 14.4. The van der Waals surface area contributed by atoms with Crippen LogP contribution in [0.3, 0.4) is 0 Å². The summed E-state index contributed by atoms with van der Waals surface area (Å²) >= 11 is 0. The summed E-state index contributed by atoms with van der Waals surface area (Å²) in [5, 5.41) is 0. The van der Waals surface area contributed by atoms with E-state index in [4.69, 9.17) is 9.47 Å². The second kappa shape index (κ2) is 3.07. The van der Waals surface area contributed by atoms with Crippen LogP contribution in [0.1, 0.15) is 28.7 Å². The highest BCUT2D eigenvalue weighted by Crippen LogP contribution is 2.56. The van der Waals surface area contributed by atoms with E-state index in [-0.39, 0.29) is 11.0 Å². The molecule has 1 aromatic rings. The van der Waals surface area contributed by atoms with Crippen LogP contribution in [-0.4, -0.2) is 13.2 Å². The van der Waals surface area contributed by atoms with E-state index in [0.717, 1.165) is 25.4 Å². The van der Waals surface area contributed by atoms with Gasteiger partial charge in [0.25, 0.3) is 0 Å². The van der Waals surface area contributed by atoms with Crippen LogP contribution >= 0.6 is 0 Å². The molecule has 0 amide bonds. The van der Waals surface area contributed by atoms with Crippen molar-refractivity contribution in [3.05, 3.63) is 70.0 Å². The average Bonchev–Trinajstić information content (AvgIpc) is 3.12. The summed E-state index contributed by atoms with van der Waals surface area (Å²) in [5.74, 6) is 1.06. The lowest BCUT2D eigenvalue weighted by atomic mass is 9.66. The number of hydrogen-bond acceptors (Lipinski definition) is 2. The Labute approximate surface area is 123 Å². The van der Waals surface area contributed by atoms with Crippen molar-refractivity contribution in [2.24, 2.45) is 0 Å². The first kappa shape index (κ1) is 10.6. The van der Waals surface area contributed by atoms with Gasteiger partial charge in [0.15, 0.2) is 0 Å². The summed E-state index contributed by atoms with van der Waals surface area (Å²) in [4.78, 5) is 0. The molecule has 2 unspecified atom stereocenters. The largest absolute Gasteiger partial charge is 0.492 e. The molecule has 2 bridgehead atoms. The molecule has 6 rings (SSSR count). The van der Waals surface area contributed by atoms with Gasteiger partial charge in [0.2, 0.25) is 0 Å². The Morgan fingerprint density at radius 1 is 1.05 bits per heavy atom. The molecule has 2 nitrogen and oxygen atoms in total. The normalized spacial score (nSPS) is 35.8. The number of epoxide rings is 1. The predicted molar refractivity (Wildman–Crippen MR) is 80.6 cm³/mol. The van der Waals surface area contributed by atoms with E-state index in [1.54, 1.807) is 0 Å². The number of rotatable bonds is 0. The number of benzene rings is 1. The second-order valence-corrected chi connectivity index (χ2v) is 6.59. The van der Waals surface area contributed by atoms with Crippen molar-refractivity contribution in [1.82, 2.24) is 0 Å². The molecule has 1 spiro atoms. The molecule has 2 heteroatoms. The Morgan fingerprint density at radius 2 is 1.95 bits per heavy atom. The maximum atomic E-state index is 6.02. The highest BCUT2D eigenvalue weighted by atomic mass is 16.6. The molecule has 102 valence electrons. The Hall–Kier alpha value is -2.06. The maximum Gasteiger partial charge on any atom is 0.136 e. The van der Waals surface area contributed by atoms with Gasteiger partial charge in [-0.2, -0.15) is 0 Å². The zero-order valence-electron chi connectivity index (χ0n) is 11.6. The first-order chi connectivity index (χ1) is 10.3. The first-order valence-corrected chi connectivity index (χ1v) is 7.56. The summed E-state index contributed by atoms with van der Waals surface area (Å²) < 4.78 is 11.7. The molecule has 1 aromatic carbocycles. The van der Waals surface area contributed by atoms with E-state index < -0.39 is 0 Å². The Bertz CT molecular complexity index is 833. The van der Waals surface area contributed by atoms with Crippen LogP contribution in [0.25, 0.3) is 12.2 Å². The molecule has 0 aromatic heterocycles. The number of fused-ring (bicyclic) bond motifs is 4. The number of ether oxygens (including phenoxy) is 2. The van der Waals surface area contributed by atoms with Gasteiger partial charge in [-0.15, -0.1) is 0 Å². The van der Waals surface area contributed by atoms with Gasteiger partial charge in [-0.25, -0.2) is 0 Å². The highest BCUT2D eigenvalue weighted by molar-refractivity contribution is 5.82. The fraction of sp³-hybridized carbons (Fsp3) is 0.263. The minimum Gasteiger partial charge on any atom is -0.492 e. The fourth-order valence-corrected chi connectivity index (χ4v) is 4.41. The highest BCUT2D eigenvalue weighted by Gasteiger charge is 2.52. The molecule has 0 radical (unpaired) electrons. The third-order valence-corrected chi connectivity index (χ3v) is 5.63. The van der Waals surface area contributed by atoms with E-state index in [2.05, 4.69) is 48.6 Å². The number of hydrogen-bond donors (Lipinski definition) is 0. The zero-order chi connectivity index (χ0) is 13.7. The summed E-state index contributed by atoms with van der Waals surface area (Å²) in [6.45, 7) is 1.59. The van der Waals surface area contributed by atoms with Gasteiger partial charge in [0.05, 0.1) is 12.0 Å². The van der Waals surface area contributed by atoms with Crippen molar-refractivity contribution < 1.29 is 9.47 Å². The molecule has 5 aliphatic rings. The van der Waals surface area contributed by atoms with Gasteiger partial charge in [-0.05, 0) is 40.8 Å². The van der Waals surface area contributed by atoms with Gasteiger partial charge in [-0.3, -0.25) is 0 Å². The minimum absolute atomic E-state index is 0.0389. The Kier molecular flexibility index (Phi) is 1.56. The molecule has 2 aliphatic heterocycles. The monoisotopic (exact) mass is 274 g/mol. The van der Waals surface area contributed by atoms with Gasteiger partial charge in [0, 0.05) is 5.57 Å². The molecule has 0 N–H and O–H groups in total. The lowest BCUT2D eigenvalue weighted by Crippen LogP contribution is -2.31. The van der Waals surface area contributed by atoms with E-state index in [9.17, 15) is 0 Å². The van der Waals surface area contributed by atoms with Crippen molar-refractivity contribution >= 4 is 12.2 Å². The average molecular weight is 274 g/mol. The SMILES string of the molecule is C1=CCC23COC(=Cc4c2ccc2c4C=CC24CO4)C3=C1. The maximum absolute atomic E-state index is 6.02. The quantitative estimate of drug-likeness (QED) is 0.676. The molecular weight excluding hydrogens is 260 g/mol. The van der Waals surface area contributed by atoms with Gasteiger partial charge < -0.3 is 9.47 Å². The van der Waals surface area contributed by atoms with Crippen LogP contribution in [-0.2, 0) is 20.5 Å². The van der Waals surface area contributed by atoms with Crippen molar-refractivity contribution in [1.29, 1.82) is 0 Å². The lowest BCUT2D eigenvalue weighted by molar-refractivity contribution is 0.230.